The van der Waals surface area contributed by atoms with E-state index in [2.05, 4.69) is 0 Å². The van der Waals surface area contributed by atoms with Crippen molar-refractivity contribution in [2.24, 2.45) is 0 Å². The lowest BCUT2D eigenvalue weighted by Gasteiger charge is -2.46. The number of hydrogen-bond acceptors (Lipinski definition) is 4. The summed E-state index contributed by atoms with van der Waals surface area (Å²) in [7, 11) is 0. The Morgan fingerprint density at radius 3 is 2.57 bits per heavy atom. The average Bonchev–Trinajstić information content (AvgIpc) is 2.42. The number of nitrogens with zero attached hydrogens (tertiary/aromatic N) is 1. The van der Waals surface area contributed by atoms with Gasteiger partial charge in [0.15, 0.2) is 0 Å². The van der Waals surface area contributed by atoms with Crippen LogP contribution in [0.1, 0.15) is 18.9 Å². The summed E-state index contributed by atoms with van der Waals surface area (Å²) < 4.78 is 10.7. The van der Waals surface area contributed by atoms with E-state index in [9.17, 15) is 9.59 Å². The number of carboxylic acids is 1. The van der Waals surface area contributed by atoms with Crippen LogP contribution in [0.25, 0.3) is 0 Å². The zero-order valence-electron chi connectivity index (χ0n) is 11.9. The van der Waals surface area contributed by atoms with E-state index in [4.69, 9.17) is 14.6 Å². The van der Waals surface area contributed by atoms with Crippen molar-refractivity contribution in [3.05, 3.63) is 35.9 Å². The van der Waals surface area contributed by atoms with Crippen molar-refractivity contribution in [2.45, 2.75) is 25.6 Å². The average molecular weight is 293 g/mol. The number of carbonyl (C=O) groups excluding carboxylic acids is 1. The maximum atomic E-state index is 11.8. The molecule has 1 saturated heterocycles. The molecule has 1 fully saturated rings. The zero-order valence-corrected chi connectivity index (χ0v) is 11.9. The minimum absolute atomic E-state index is 0.0337. The quantitative estimate of drug-likeness (QED) is 0.866. The molecule has 6 nitrogen and oxygen atoms in total. The van der Waals surface area contributed by atoms with Crippen molar-refractivity contribution in [3.63, 3.8) is 0 Å². The first-order valence-corrected chi connectivity index (χ1v) is 6.80. The molecule has 1 N–H and O–H groups in total. The Morgan fingerprint density at radius 2 is 1.95 bits per heavy atom. The van der Waals surface area contributed by atoms with Gasteiger partial charge in [0.2, 0.25) is 0 Å². The van der Waals surface area contributed by atoms with Crippen molar-refractivity contribution in [3.8, 4) is 0 Å². The number of carbonyl (C=O) groups is 2. The van der Waals surface area contributed by atoms with Gasteiger partial charge in [-0.2, -0.15) is 0 Å². The van der Waals surface area contributed by atoms with Crippen LogP contribution in [0.5, 0.6) is 0 Å². The number of hydrogen-bond donors (Lipinski definition) is 1. The first kappa shape index (κ1) is 15.3. The predicted molar refractivity (Wildman–Crippen MR) is 74.8 cm³/mol. The summed E-state index contributed by atoms with van der Waals surface area (Å²) in [6.07, 6.45) is -0.410. The highest BCUT2D eigenvalue weighted by molar-refractivity contribution is 5.69. The molecule has 2 rings (SSSR count). The van der Waals surface area contributed by atoms with Gasteiger partial charge in [-0.15, -0.1) is 0 Å². The molecule has 1 aliphatic heterocycles. The van der Waals surface area contributed by atoms with E-state index < -0.39 is 11.6 Å². The second kappa shape index (κ2) is 6.58. The normalized spacial score (nSPS) is 16.1. The van der Waals surface area contributed by atoms with E-state index >= 15 is 0 Å². The van der Waals surface area contributed by atoms with E-state index in [1.165, 1.54) is 0 Å². The van der Waals surface area contributed by atoms with Crippen molar-refractivity contribution < 1.29 is 24.2 Å². The van der Waals surface area contributed by atoms with E-state index in [0.29, 0.717) is 13.1 Å². The summed E-state index contributed by atoms with van der Waals surface area (Å²) in [4.78, 5) is 23.8. The van der Waals surface area contributed by atoms with Crippen molar-refractivity contribution in [1.82, 2.24) is 4.90 Å². The third-order valence-corrected chi connectivity index (χ3v) is 3.28. The van der Waals surface area contributed by atoms with E-state index in [1.807, 2.05) is 37.3 Å². The van der Waals surface area contributed by atoms with Crippen molar-refractivity contribution in [1.29, 1.82) is 0 Å². The minimum atomic E-state index is -0.892. The molecule has 0 atom stereocenters. The molecule has 1 heterocycles. The lowest BCUT2D eigenvalue weighted by molar-refractivity contribution is -0.146. The smallest absolute Gasteiger partial charge is 0.410 e. The Balaban J connectivity index is 1.68. The lowest BCUT2D eigenvalue weighted by atomic mass is 9.97. The number of rotatable bonds is 6. The van der Waals surface area contributed by atoms with Gasteiger partial charge in [0, 0.05) is 0 Å². The van der Waals surface area contributed by atoms with E-state index in [-0.39, 0.29) is 25.7 Å². The Morgan fingerprint density at radius 1 is 1.29 bits per heavy atom. The fraction of sp³-hybridized carbons (Fsp3) is 0.467. The highest BCUT2D eigenvalue weighted by Gasteiger charge is 2.43. The third kappa shape index (κ3) is 4.46. The Kier molecular flexibility index (Phi) is 4.80. The highest BCUT2D eigenvalue weighted by Crippen LogP contribution is 2.25. The van der Waals surface area contributed by atoms with Gasteiger partial charge >= 0.3 is 12.1 Å². The summed E-state index contributed by atoms with van der Waals surface area (Å²) in [5, 5.41) is 8.55. The molecule has 114 valence electrons. The van der Waals surface area contributed by atoms with Crippen molar-refractivity contribution >= 4 is 12.1 Å². The largest absolute Gasteiger partial charge is 0.481 e. The van der Waals surface area contributed by atoms with Gasteiger partial charge < -0.3 is 19.5 Å². The number of carboxylic acid groups (broad SMARTS) is 1. The number of likely N-dealkylation sites (tertiary alicyclic amines) is 1. The van der Waals surface area contributed by atoms with Gasteiger partial charge in [0.25, 0.3) is 0 Å². The number of ether oxygens (including phenoxy) is 2. The fourth-order valence-corrected chi connectivity index (χ4v) is 2.18. The third-order valence-electron chi connectivity index (χ3n) is 3.28. The molecule has 0 bridgehead atoms. The van der Waals surface area contributed by atoms with Crippen LogP contribution in [0.4, 0.5) is 4.79 Å². The second-order valence-electron chi connectivity index (χ2n) is 5.34. The summed E-state index contributed by atoms with van der Waals surface area (Å²) in [6, 6.07) is 9.46. The fourth-order valence-electron chi connectivity index (χ4n) is 2.18. The molecule has 1 aromatic rings. The monoisotopic (exact) mass is 293 g/mol. The Labute approximate surface area is 123 Å². The molecule has 0 unspecified atom stereocenters. The molecule has 1 aliphatic rings. The molecule has 6 heteroatoms. The molecular formula is C15H19NO5. The van der Waals surface area contributed by atoms with Gasteiger partial charge in [-0.05, 0) is 12.5 Å². The summed E-state index contributed by atoms with van der Waals surface area (Å²) >= 11 is 0. The molecular weight excluding hydrogens is 274 g/mol. The minimum Gasteiger partial charge on any atom is -0.481 e. The molecule has 1 aromatic carbocycles. The maximum Gasteiger partial charge on any atom is 0.410 e. The van der Waals surface area contributed by atoms with Crippen LogP contribution in [-0.4, -0.2) is 47.4 Å². The molecule has 1 amide bonds. The van der Waals surface area contributed by atoms with Crippen LogP contribution in [0.15, 0.2) is 30.3 Å². The first-order valence-electron chi connectivity index (χ1n) is 6.80. The summed E-state index contributed by atoms with van der Waals surface area (Å²) in [5.41, 5.74) is 0.466. The van der Waals surface area contributed by atoms with Gasteiger partial charge in [-0.3, -0.25) is 4.79 Å². The zero-order chi connectivity index (χ0) is 15.3. The van der Waals surface area contributed by atoms with Gasteiger partial charge in [-0.1, -0.05) is 30.3 Å². The first-order chi connectivity index (χ1) is 9.98. The second-order valence-corrected chi connectivity index (χ2v) is 5.34. The molecule has 0 saturated carbocycles. The Hall–Kier alpha value is -2.08. The standard InChI is InChI=1S/C15H19NO5/c1-15(21-8-7-13(17)18)10-16(11-15)14(19)20-9-12-5-3-2-4-6-12/h2-6H,7-11H2,1H3,(H,17,18). The highest BCUT2D eigenvalue weighted by atomic mass is 16.6. The molecule has 0 aliphatic carbocycles. The molecule has 0 spiro atoms. The van der Waals surface area contributed by atoms with Crippen LogP contribution < -0.4 is 0 Å². The molecule has 0 aromatic heterocycles. The van der Waals surface area contributed by atoms with Crippen LogP contribution >= 0.6 is 0 Å². The topological polar surface area (TPSA) is 76.1 Å². The number of aliphatic carboxylic acids is 1. The number of amides is 1. The molecule has 0 radical (unpaired) electrons. The van der Waals surface area contributed by atoms with E-state index in [0.717, 1.165) is 5.56 Å². The lowest BCUT2D eigenvalue weighted by Crippen LogP contribution is -2.63. The van der Waals surface area contributed by atoms with E-state index in [1.54, 1.807) is 4.90 Å². The SMILES string of the molecule is CC1(OCCC(=O)O)CN(C(=O)OCc2ccccc2)C1. The van der Waals surface area contributed by atoms with Gasteiger partial charge in [-0.25, -0.2) is 4.79 Å². The van der Waals surface area contributed by atoms with Crippen LogP contribution in [0, 0.1) is 0 Å². The Bertz CT molecular complexity index is 496. The number of benzene rings is 1. The van der Waals surface area contributed by atoms with Gasteiger partial charge in [0.05, 0.1) is 26.1 Å². The van der Waals surface area contributed by atoms with Crippen LogP contribution in [0.3, 0.4) is 0 Å². The van der Waals surface area contributed by atoms with Crippen LogP contribution in [0.2, 0.25) is 0 Å². The summed E-state index contributed by atoms with van der Waals surface area (Å²) in [6.45, 7) is 3.09. The molecule has 21 heavy (non-hydrogen) atoms. The predicted octanol–water partition coefficient (Wildman–Crippen LogP) is 1.89. The van der Waals surface area contributed by atoms with Gasteiger partial charge in [0.1, 0.15) is 12.2 Å². The van der Waals surface area contributed by atoms with Crippen LogP contribution in [-0.2, 0) is 20.9 Å². The summed E-state index contributed by atoms with van der Waals surface area (Å²) in [5.74, 6) is -0.892. The maximum absolute atomic E-state index is 11.8. The van der Waals surface area contributed by atoms with Crippen molar-refractivity contribution in [2.75, 3.05) is 19.7 Å².